The Hall–Kier alpha value is -0.940. The average Bonchev–Trinajstić information content (AvgIpc) is 3.06. The van der Waals surface area contributed by atoms with E-state index in [0.29, 0.717) is 12.5 Å². The minimum Gasteiger partial charge on any atom is -0.392 e. The first kappa shape index (κ1) is 12.5. The molecule has 1 aliphatic rings. The Kier molecular flexibility index (Phi) is 3.79. The van der Waals surface area contributed by atoms with E-state index >= 15 is 0 Å². The number of aliphatic hydroxyl groups is 1. The fourth-order valence-corrected chi connectivity index (χ4v) is 2.00. The van der Waals surface area contributed by atoms with Crippen LogP contribution in [-0.2, 0) is 13.6 Å². The number of hydrogen-bond acceptors (Lipinski definition) is 4. The molecule has 0 aliphatic heterocycles. The van der Waals surface area contributed by atoms with Crippen molar-refractivity contribution in [3.63, 3.8) is 0 Å². The topological polar surface area (TPSA) is 54.2 Å². The molecular weight excluding hydrogens is 216 g/mol. The van der Waals surface area contributed by atoms with Gasteiger partial charge in [-0.25, -0.2) is 0 Å². The van der Waals surface area contributed by atoms with Gasteiger partial charge in [0.05, 0.1) is 12.6 Å². The third-order valence-corrected chi connectivity index (χ3v) is 3.35. The first-order valence-corrected chi connectivity index (χ1v) is 6.36. The van der Waals surface area contributed by atoms with Crippen LogP contribution >= 0.6 is 0 Å². The largest absolute Gasteiger partial charge is 0.392 e. The Labute approximate surface area is 102 Å². The highest BCUT2D eigenvalue weighted by Crippen LogP contribution is 2.38. The second kappa shape index (κ2) is 5.14. The van der Waals surface area contributed by atoms with Crippen LogP contribution in [0.2, 0.25) is 0 Å². The highest BCUT2D eigenvalue weighted by molar-refractivity contribution is 5.07. The van der Waals surface area contributed by atoms with Crippen LogP contribution in [0.25, 0.3) is 0 Å². The van der Waals surface area contributed by atoms with Crippen LogP contribution < -0.4 is 0 Å². The number of rotatable bonds is 6. The summed E-state index contributed by atoms with van der Waals surface area (Å²) < 4.78 is 2.10. The highest BCUT2D eigenvalue weighted by atomic mass is 16.3. The molecule has 0 amide bonds. The van der Waals surface area contributed by atoms with Gasteiger partial charge in [0.1, 0.15) is 11.6 Å². The summed E-state index contributed by atoms with van der Waals surface area (Å²) in [6.45, 7) is 3.42. The minimum absolute atomic E-state index is 0.254. The molecule has 1 atom stereocenters. The molecule has 2 rings (SSSR count). The van der Waals surface area contributed by atoms with Crippen molar-refractivity contribution in [3.05, 3.63) is 11.6 Å². The normalized spacial score (nSPS) is 17.7. The van der Waals surface area contributed by atoms with Crippen molar-refractivity contribution in [1.29, 1.82) is 0 Å². The maximum Gasteiger partial charge on any atom is 0.146 e. The molecule has 17 heavy (non-hydrogen) atoms. The van der Waals surface area contributed by atoms with Crippen molar-refractivity contribution in [2.75, 3.05) is 13.6 Å². The second-order valence-corrected chi connectivity index (χ2v) is 5.07. The molecule has 5 heteroatoms. The molecule has 1 saturated carbocycles. The fourth-order valence-electron chi connectivity index (χ4n) is 2.00. The van der Waals surface area contributed by atoms with Gasteiger partial charge in [-0.05, 0) is 26.3 Å². The lowest BCUT2D eigenvalue weighted by Gasteiger charge is -2.19. The van der Waals surface area contributed by atoms with Gasteiger partial charge in [-0.1, -0.05) is 6.92 Å². The van der Waals surface area contributed by atoms with Crippen LogP contribution in [0.5, 0.6) is 0 Å². The quantitative estimate of drug-likeness (QED) is 0.800. The van der Waals surface area contributed by atoms with Crippen LogP contribution in [-0.4, -0.2) is 44.5 Å². The van der Waals surface area contributed by atoms with Gasteiger partial charge >= 0.3 is 0 Å². The van der Waals surface area contributed by atoms with Crippen molar-refractivity contribution >= 4 is 0 Å². The second-order valence-electron chi connectivity index (χ2n) is 5.07. The Morgan fingerprint density at radius 2 is 2.18 bits per heavy atom. The summed E-state index contributed by atoms with van der Waals surface area (Å²) in [6, 6.07) is 0. The molecule has 1 aromatic rings. The molecule has 0 saturated heterocycles. The minimum atomic E-state index is -0.254. The van der Waals surface area contributed by atoms with E-state index in [1.807, 2.05) is 21.0 Å². The first-order valence-electron chi connectivity index (χ1n) is 6.36. The van der Waals surface area contributed by atoms with E-state index in [1.165, 1.54) is 12.8 Å². The molecule has 0 radical (unpaired) electrons. The third-order valence-electron chi connectivity index (χ3n) is 3.35. The Balaban J connectivity index is 1.93. The van der Waals surface area contributed by atoms with Gasteiger partial charge in [0.25, 0.3) is 0 Å². The van der Waals surface area contributed by atoms with Crippen LogP contribution in [0.1, 0.15) is 43.8 Å². The van der Waals surface area contributed by atoms with Crippen molar-refractivity contribution < 1.29 is 5.11 Å². The van der Waals surface area contributed by atoms with Gasteiger partial charge < -0.3 is 9.67 Å². The summed E-state index contributed by atoms with van der Waals surface area (Å²) in [5, 5.41) is 18.1. The number of nitrogens with zero attached hydrogens (tertiary/aromatic N) is 4. The van der Waals surface area contributed by atoms with Gasteiger partial charge in [0, 0.05) is 19.5 Å². The maximum atomic E-state index is 9.59. The van der Waals surface area contributed by atoms with E-state index in [2.05, 4.69) is 19.7 Å². The van der Waals surface area contributed by atoms with Crippen molar-refractivity contribution in [2.24, 2.45) is 7.05 Å². The van der Waals surface area contributed by atoms with E-state index in [9.17, 15) is 5.11 Å². The van der Waals surface area contributed by atoms with E-state index in [1.54, 1.807) is 0 Å². The monoisotopic (exact) mass is 238 g/mol. The molecule has 1 N–H and O–H groups in total. The smallest absolute Gasteiger partial charge is 0.146 e. The number of likely N-dealkylation sites (N-methyl/N-ethyl adjacent to an activating group) is 1. The standard InChI is InChI=1S/C12H22N4O/c1-4-10(17)7-15(2)8-11-13-14-12(16(11)3)9-5-6-9/h9-10,17H,4-8H2,1-3H3/t10-/m1/s1. The van der Waals surface area contributed by atoms with Gasteiger partial charge in [-0.2, -0.15) is 0 Å². The Morgan fingerprint density at radius 3 is 2.76 bits per heavy atom. The molecule has 0 aromatic carbocycles. The number of hydrogen-bond donors (Lipinski definition) is 1. The predicted octanol–water partition coefficient (Wildman–Crippen LogP) is 0.895. The fraction of sp³-hybridized carbons (Fsp3) is 0.833. The van der Waals surface area contributed by atoms with Crippen LogP contribution in [0.3, 0.4) is 0 Å². The molecule has 0 spiro atoms. The van der Waals surface area contributed by atoms with E-state index in [-0.39, 0.29) is 6.10 Å². The highest BCUT2D eigenvalue weighted by Gasteiger charge is 2.29. The average molecular weight is 238 g/mol. The summed E-state index contributed by atoms with van der Waals surface area (Å²) in [5.41, 5.74) is 0. The lowest BCUT2D eigenvalue weighted by atomic mass is 10.2. The van der Waals surface area contributed by atoms with Crippen molar-refractivity contribution in [3.8, 4) is 0 Å². The molecule has 96 valence electrons. The predicted molar refractivity (Wildman–Crippen MR) is 65.6 cm³/mol. The van der Waals surface area contributed by atoms with Gasteiger partial charge in [0.2, 0.25) is 0 Å². The Morgan fingerprint density at radius 1 is 1.47 bits per heavy atom. The van der Waals surface area contributed by atoms with Crippen molar-refractivity contribution in [1.82, 2.24) is 19.7 Å². The molecule has 1 aliphatic carbocycles. The number of aliphatic hydroxyl groups excluding tert-OH is 1. The molecule has 0 unspecified atom stereocenters. The molecule has 1 heterocycles. The van der Waals surface area contributed by atoms with Crippen molar-refractivity contribution in [2.45, 2.75) is 44.8 Å². The summed E-state index contributed by atoms with van der Waals surface area (Å²) in [7, 11) is 4.04. The zero-order chi connectivity index (χ0) is 12.4. The molecule has 1 fully saturated rings. The van der Waals surface area contributed by atoms with E-state index < -0.39 is 0 Å². The van der Waals surface area contributed by atoms with E-state index in [4.69, 9.17) is 0 Å². The summed E-state index contributed by atoms with van der Waals surface area (Å²) in [4.78, 5) is 2.09. The lowest BCUT2D eigenvalue weighted by Crippen LogP contribution is -2.29. The molecular formula is C12H22N4O. The first-order chi connectivity index (χ1) is 8.11. The molecule has 0 bridgehead atoms. The van der Waals surface area contributed by atoms with Gasteiger partial charge in [0.15, 0.2) is 0 Å². The lowest BCUT2D eigenvalue weighted by molar-refractivity contribution is 0.118. The third kappa shape index (κ3) is 3.04. The van der Waals surface area contributed by atoms with Crippen LogP contribution in [0.4, 0.5) is 0 Å². The van der Waals surface area contributed by atoms with Crippen LogP contribution in [0.15, 0.2) is 0 Å². The Bertz CT molecular complexity index is 373. The van der Waals surface area contributed by atoms with Crippen LogP contribution in [0, 0.1) is 0 Å². The molecule has 5 nitrogen and oxygen atoms in total. The van der Waals surface area contributed by atoms with E-state index in [0.717, 1.165) is 24.6 Å². The number of aromatic nitrogens is 3. The summed E-state index contributed by atoms with van der Waals surface area (Å²) in [6.07, 6.45) is 3.03. The maximum absolute atomic E-state index is 9.59. The van der Waals surface area contributed by atoms with Gasteiger partial charge in [-0.3, -0.25) is 4.90 Å². The van der Waals surface area contributed by atoms with Gasteiger partial charge in [-0.15, -0.1) is 10.2 Å². The summed E-state index contributed by atoms with van der Waals surface area (Å²) in [5.74, 6) is 2.73. The SMILES string of the molecule is CC[C@@H](O)CN(C)Cc1nnc(C2CC2)n1C. The zero-order valence-corrected chi connectivity index (χ0v) is 10.9. The summed E-state index contributed by atoms with van der Waals surface area (Å²) >= 11 is 0. The molecule has 1 aromatic heterocycles. The zero-order valence-electron chi connectivity index (χ0n) is 10.9.